The first kappa shape index (κ1) is 16.5. The fraction of sp³-hybridized carbons (Fsp3) is 0.176. The van der Waals surface area contributed by atoms with E-state index in [2.05, 4.69) is 27.9 Å². The number of esters is 1. The molecule has 0 saturated heterocycles. The van der Waals surface area contributed by atoms with Crippen molar-refractivity contribution in [3.8, 4) is 0 Å². The molecule has 0 aliphatic rings. The van der Waals surface area contributed by atoms with Gasteiger partial charge in [0.2, 0.25) is 0 Å². The van der Waals surface area contributed by atoms with E-state index < -0.39 is 12.1 Å². The van der Waals surface area contributed by atoms with Crippen molar-refractivity contribution >= 4 is 40.2 Å². The minimum atomic E-state index is -0.871. The Morgan fingerprint density at radius 1 is 1.14 bits per heavy atom. The van der Waals surface area contributed by atoms with Crippen LogP contribution in [0.1, 0.15) is 22.8 Å². The lowest BCUT2D eigenvalue weighted by molar-refractivity contribution is -0.123. The molecule has 0 unspecified atom stereocenters. The molecule has 0 aromatic heterocycles. The summed E-state index contributed by atoms with van der Waals surface area (Å²) in [5.41, 5.74) is 2.18. The molecule has 0 aliphatic carbocycles. The topological polar surface area (TPSA) is 55.4 Å². The highest BCUT2D eigenvalue weighted by molar-refractivity contribution is 14.1. The number of anilines is 1. The standard InChI is InChI=1S/C17H16INO3/c1-11-6-5-7-13(10-11)19-16(20)12(2)22-17(21)14-8-3-4-9-15(14)18/h3-10,12H,1-2H3,(H,19,20)/t12-/m1/s1. The van der Waals surface area contributed by atoms with Crippen molar-refractivity contribution in [3.63, 3.8) is 0 Å². The Hall–Kier alpha value is -1.89. The van der Waals surface area contributed by atoms with Crippen molar-refractivity contribution in [2.45, 2.75) is 20.0 Å². The van der Waals surface area contributed by atoms with Gasteiger partial charge in [0.05, 0.1) is 5.56 Å². The van der Waals surface area contributed by atoms with Crippen LogP contribution in [0.15, 0.2) is 48.5 Å². The molecule has 0 aliphatic heterocycles. The number of amides is 1. The maximum absolute atomic E-state index is 12.1. The summed E-state index contributed by atoms with van der Waals surface area (Å²) in [6, 6.07) is 14.5. The van der Waals surface area contributed by atoms with Gasteiger partial charge in [0.1, 0.15) is 0 Å². The average Bonchev–Trinajstić information content (AvgIpc) is 2.47. The first-order valence-corrected chi connectivity index (χ1v) is 7.88. The van der Waals surface area contributed by atoms with Crippen molar-refractivity contribution < 1.29 is 14.3 Å². The predicted molar refractivity (Wildman–Crippen MR) is 93.8 cm³/mol. The average molecular weight is 409 g/mol. The number of hydrogen-bond donors (Lipinski definition) is 1. The van der Waals surface area contributed by atoms with E-state index in [0.29, 0.717) is 11.3 Å². The van der Waals surface area contributed by atoms with E-state index >= 15 is 0 Å². The van der Waals surface area contributed by atoms with Crippen LogP contribution in [0.25, 0.3) is 0 Å². The number of hydrogen-bond acceptors (Lipinski definition) is 3. The molecular weight excluding hydrogens is 393 g/mol. The molecule has 2 aromatic carbocycles. The minimum absolute atomic E-state index is 0.357. The van der Waals surface area contributed by atoms with Crippen molar-refractivity contribution in [1.82, 2.24) is 0 Å². The van der Waals surface area contributed by atoms with Crippen molar-refractivity contribution in [2.24, 2.45) is 0 Å². The second kappa shape index (κ2) is 7.40. The van der Waals surface area contributed by atoms with Gasteiger partial charge in [-0.2, -0.15) is 0 Å². The Bertz CT molecular complexity index is 700. The first-order chi connectivity index (χ1) is 10.5. The Kier molecular flexibility index (Phi) is 5.54. The molecule has 4 nitrogen and oxygen atoms in total. The van der Waals surface area contributed by atoms with Gasteiger partial charge in [-0.05, 0) is 66.3 Å². The predicted octanol–water partition coefficient (Wildman–Crippen LogP) is 3.78. The van der Waals surface area contributed by atoms with E-state index in [0.717, 1.165) is 9.13 Å². The Morgan fingerprint density at radius 2 is 1.86 bits per heavy atom. The van der Waals surface area contributed by atoms with Gasteiger partial charge in [-0.25, -0.2) is 4.79 Å². The van der Waals surface area contributed by atoms with Crippen LogP contribution in [0, 0.1) is 10.5 Å². The number of halogens is 1. The number of ether oxygens (including phenoxy) is 1. The molecule has 0 fully saturated rings. The Labute approximate surface area is 143 Å². The van der Waals surface area contributed by atoms with E-state index in [4.69, 9.17) is 4.74 Å². The molecule has 22 heavy (non-hydrogen) atoms. The third kappa shape index (κ3) is 4.30. The molecule has 0 heterocycles. The highest BCUT2D eigenvalue weighted by atomic mass is 127. The van der Waals surface area contributed by atoms with Crippen LogP contribution in [0.4, 0.5) is 5.69 Å². The molecule has 1 amide bonds. The quantitative estimate of drug-likeness (QED) is 0.618. The number of carbonyl (C=O) groups excluding carboxylic acids is 2. The van der Waals surface area contributed by atoms with E-state index in [9.17, 15) is 9.59 Å². The normalized spacial score (nSPS) is 11.6. The summed E-state index contributed by atoms with van der Waals surface area (Å²) >= 11 is 2.06. The summed E-state index contributed by atoms with van der Waals surface area (Å²) in [5.74, 6) is -0.859. The fourth-order valence-corrected chi connectivity index (χ4v) is 2.48. The summed E-state index contributed by atoms with van der Waals surface area (Å²) < 4.78 is 6.01. The van der Waals surface area contributed by atoms with Gasteiger partial charge in [0.15, 0.2) is 6.10 Å². The molecule has 2 rings (SSSR count). The zero-order chi connectivity index (χ0) is 16.1. The van der Waals surface area contributed by atoms with E-state index in [-0.39, 0.29) is 5.91 Å². The number of benzene rings is 2. The van der Waals surface area contributed by atoms with Gasteiger partial charge < -0.3 is 10.1 Å². The minimum Gasteiger partial charge on any atom is -0.449 e. The number of rotatable bonds is 4. The molecule has 1 N–H and O–H groups in total. The van der Waals surface area contributed by atoms with Gasteiger partial charge in [-0.1, -0.05) is 24.3 Å². The van der Waals surface area contributed by atoms with E-state index in [1.54, 1.807) is 25.1 Å². The molecule has 0 radical (unpaired) electrons. The maximum Gasteiger partial charge on any atom is 0.339 e. The maximum atomic E-state index is 12.1. The lowest BCUT2D eigenvalue weighted by Gasteiger charge is -2.14. The Morgan fingerprint density at radius 3 is 2.55 bits per heavy atom. The lowest BCUT2D eigenvalue weighted by Crippen LogP contribution is -2.30. The number of nitrogens with one attached hydrogen (secondary N) is 1. The van der Waals surface area contributed by atoms with Crippen LogP contribution < -0.4 is 5.32 Å². The second-order valence-corrected chi connectivity index (χ2v) is 6.05. The molecule has 0 saturated carbocycles. The molecule has 1 atom stereocenters. The number of carbonyl (C=O) groups is 2. The SMILES string of the molecule is Cc1cccc(NC(=O)[C@@H](C)OC(=O)c2ccccc2I)c1. The molecule has 5 heteroatoms. The van der Waals surface area contributed by atoms with E-state index in [1.807, 2.05) is 37.3 Å². The largest absolute Gasteiger partial charge is 0.449 e. The van der Waals surface area contributed by atoms with E-state index in [1.165, 1.54) is 0 Å². The zero-order valence-corrected chi connectivity index (χ0v) is 14.5. The highest BCUT2D eigenvalue weighted by Gasteiger charge is 2.20. The van der Waals surface area contributed by atoms with Crippen LogP contribution in [-0.4, -0.2) is 18.0 Å². The molecular formula is C17H16INO3. The smallest absolute Gasteiger partial charge is 0.339 e. The summed E-state index contributed by atoms with van der Waals surface area (Å²) in [6.45, 7) is 3.50. The fourth-order valence-electron chi connectivity index (χ4n) is 1.87. The summed E-state index contributed by atoms with van der Waals surface area (Å²) in [7, 11) is 0. The summed E-state index contributed by atoms with van der Waals surface area (Å²) in [6.07, 6.45) is -0.871. The monoisotopic (exact) mass is 409 g/mol. The van der Waals surface area contributed by atoms with Crippen LogP contribution in [0.5, 0.6) is 0 Å². The zero-order valence-electron chi connectivity index (χ0n) is 12.3. The first-order valence-electron chi connectivity index (χ1n) is 6.80. The van der Waals surface area contributed by atoms with Gasteiger partial charge in [-0.15, -0.1) is 0 Å². The van der Waals surface area contributed by atoms with Crippen molar-refractivity contribution in [3.05, 3.63) is 63.2 Å². The van der Waals surface area contributed by atoms with Gasteiger partial charge in [-0.3, -0.25) is 4.79 Å². The van der Waals surface area contributed by atoms with Gasteiger partial charge >= 0.3 is 5.97 Å². The molecule has 0 bridgehead atoms. The summed E-state index contributed by atoms with van der Waals surface area (Å²) in [5, 5.41) is 2.74. The number of aryl methyl sites for hydroxylation is 1. The van der Waals surface area contributed by atoms with Crippen LogP contribution in [0.2, 0.25) is 0 Å². The van der Waals surface area contributed by atoms with Gasteiger partial charge in [0, 0.05) is 9.26 Å². The third-order valence-electron chi connectivity index (χ3n) is 3.03. The second-order valence-electron chi connectivity index (χ2n) is 4.89. The van der Waals surface area contributed by atoms with Crippen LogP contribution in [-0.2, 0) is 9.53 Å². The van der Waals surface area contributed by atoms with Gasteiger partial charge in [0.25, 0.3) is 5.91 Å². The van der Waals surface area contributed by atoms with Crippen molar-refractivity contribution in [1.29, 1.82) is 0 Å². The molecule has 114 valence electrons. The lowest BCUT2D eigenvalue weighted by atomic mass is 10.2. The summed E-state index contributed by atoms with van der Waals surface area (Å²) in [4.78, 5) is 24.2. The van der Waals surface area contributed by atoms with Crippen LogP contribution in [0.3, 0.4) is 0 Å². The Balaban J connectivity index is 1.99. The van der Waals surface area contributed by atoms with Crippen molar-refractivity contribution in [2.75, 3.05) is 5.32 Å². The van der Waals surface area contributed by atoms with Crippen LogP contribution >= 0.6 is 22.6 Å². The third-order valence-corrected chi connectivity index (χ3v) is 3.97. The molecule has 0 spiro atoms. The highest BCUT2D eigenvalue weighted by Crippen LogP contribution is 2.14. The molecule has 2 aromatic rings.